The maximum atomic E-state index is 8.26. The van der Waals surface area contributed by atoms with Crippen molar-refractivity contribution in [1.82, 2.24) is 0 Å². The summed E-state index contributed by atoms with van der Waals surface area (Å²) < 4.78 is 54.1. The Labute approximate surface area is 324 Å². The predicted molar refractivity (Wildman–Crippen MR) is 235 cm³/mol. The average molecular weight is 824 g/mol. The van der Waals surface area contributed by atoms with E-state index in [9.17, 15) is 0 Å². The topological polar surface area (TPSA) is 64.6 Å². The Morgan fingerprint density at radius 1 is 0.373 bits per heavy atom. The van der Waals surface area contributed by atoms with Crippen LogP contribution in [0.5, 0.6) is 0 Å². The van der Waals surface area contributed by atoms with Crippen molar-refractivity contribution in [2.24, 2.45) is 0 Å². The summed E-state index contributed by atoms with van der Waals surface area (Å²) >= 11 is 0. The zero-order valence-electron chi connectivity index (χ0n) is 36.7. The van der Waals surface area contributed by atoms with Crippen molar-refractivity contribution in [2.45, 2.75) is 208 Å². The van der Waals surface area contributed by atoms with Crippen molar-refractivity contribution in [2.75, 3.05) is 13.2 Å². The number of hydrogen-bond acceptors (Lipinski definition) is 7. The van der Waals surface area contributed by atoms with Gasteiger partial charge in [-0.05, 0) is 99.2 Å². The summed E-state index contributed by atoms with van der Waals surface area (Å²) in [7, 11) is -17.1. The van der Waals surface area contributed by atoms with Crippen LogP contribution in [0.1, 0.15) is 124 Å². The van der Waals surface area contributed by atoms with Gasteiger partial charge in [-0.1, -0.05) is 121 Å². The van der Waals surface area contributed by atoms with E-state index in [4.69, 9.17) is 30.0 Å². The first-order chi connectivity index (χ1) is 24.0. The second-order valence-electron chi connectivity index (χ2n) is 15.0. The molecular weight excluding hydrogens is 737 g/mol. The van der Waals surface area contributed by atoms with Crippen LogP contribution in [0.3, 0.4) is 0 Å². The molecule has 0 saturated carbocycles. The van der Waals surface area contributed by atoms with E-state index in [0.29, 0.717) is 26.1 Å². The highest BCUT2D eigenvalue weighted by Gasteiger charge is 2.68. The lowest BCUT2D eigenvalue weighted by molar-refractivity contribution is 0.0221. The molecule has 0 saturated heterocycles. The molecule has 51 heavy (non-hydrogen) atoms. The molecule has 0 radical (unpaired) electrons. The molecule has 2 unspecified atom stereocenters. The van der Waals surface area contributed by atoms with Crippen molar-refractivity contribution in [3.63, 3.8) is 0 Å². The normalized spacial score (nSPS) is 14.9. The Morgan fingerprint density at radius 3 is 0.706 bits per heavy atom. The van der Waals surface area contributed by atoms with E-state index in [1.54, 1.807) is 0 Å². The van der Waals surface area contributed by atoms with E-state index < -0.39 is 50.9 Å². The van der Waals surface area contributed by atoms with Gasteiger partial charge in [0.05, 0.1) is 13.2 Å². The molecule has 7 nitrogen and oxygen atoms in total. The molecule has 0 fully saturated rings. The van der Waals surface area contributed by atoms with Crippen LogP contribution in [0.15, 0.2) is 24.3 Å². The molecule has 0 N–H and O–H groups in total. The third-order valence-corrected chi connectivity index (χ3v) is 44.0. The molecule has 0 aromatic rings. The lowest BCUT2D eigenvalue weighted by Gasteiger charge is -2.53. The molecule has 304 valence electrons. The van der Waals surface area contributed by atoms with Crippen molar-refractivity contribution < 1.29 is 30.0 Å². The van der Waals surface area contributed by atoms with Gasteiger partial charge in [0, 0.05) is 0 Å². The highest BCUT2D eigenvalue weighted by atomic mass is 28.5. The van der Waals surface area contributed by atoms with Gasteiger partial charge in [0.2, 0.25) is 0 Å². The summed E-state index contributed by atoms with van der Waals surface area (Å²) in [6, 6.07) is 11.7. The largest absolute Gasteiger partial charge is 0.503 e. The van der Waals surface area contributed by atoms with Crippen LogP contribution in [0.25, 0.3) is 0 Å². The minimum atomic E-state index is -3.82. The number of rotatable bonds is 32. The fraction of sp³-hybridized carbons (Fsp3) is 0.895. The fourth-order valence-corrected chi connectivity index (χ4v) is 39.4. The first-order valence-corrected chi connectivity index (χ1v) is 34.8. The number of hydrogen-bond donors (Lipinski definition) is 0. The average Bonchev–Trinajstić information content (AvgIpc) is 3.14. The monoisotopic (exact) mass is 822 g/mol. The van der Waals surface area contributed by atoms with Gasteiger partial charge in [-0.2, -0.15) is 0 Å². The summed E-state index contributed by atoms with van der Waals surface area (Å²) in [6.45, 7) is 45.4. The van der Waals surface area contributed by atoms with Crippen molar-refractivity contribution in [3.05, 3.63) is 24.3 Å². The van der Waals surface area contributed by atoms with Crippen molar-refractivity contribution in [1.29, 1.82) is 0 Å². The SMILES string of the molecule is C=C(C)COC(CC)[Si](O[Si](CC)(CC)CC)(O[Si](CC)(CC)CC)O[Si](O[Si](CC)(CC)CC)(O[Si](CC)(CC)CC)C(CC)OCC(=C)C. The van der Waals surface area contributed by atoms with Gasteiger partial charge in [-0.15, -0.1) is 0 Å². The molecule has 0 spiro atoms. The van der Waals surface area contributed by atoms with E-state index in [2.05, 4.69) is 110 Å². The Balaban J connectivity index is 8.86. The van der Waals surface area contributed by atoms with E-state index in [1.165, 1.54) is 0 Å². The Bertz CT molecular complexity index is 831. The van der Waals surface area contributed by atoms with Gasteiger partial charge in [0.1, 0.15) is 11.5 Å². The fourth-order valence-electron chi connectivity index (χ4n) is 7.22. The third-order valence-electron chi connectivity index (χ3n) is 12.0. The molecule has 0 aromatic carbocycles. The molecule has 0 aromatic heterocycles. The Morgan fingerprint density at radius 2 is 0.569 bits per heavy atom. The summed E-state index contributed by atoms with van der Waals surface area (Å²) in [6.07, 6.45) is 1.40. The van der Waals surface area contributed by atoms with Gasteiger partial charge in [0.25, 0.3) is 0 Å². The summed E-state index contributed by atoms with van der Waals surface area (Å²) in [5.41, 5.74) is 1.17. The van der Waals surface area contributed by atoms with Crippen LogP contribution in [0.2, 0.25) is 72.5 Å². The zero-order valence-corrected chi connectivity index (χ0v) is 42.7. The molecule has 0 rings (SSSR count). The minimum Gasteiger partial charge on any atom is -0.415 e. The molecule has 0 heterocycles. The number of ether oxygens (including phenoxy) is 2. The standard InChI is InChI=1S/C38H86O7Si6/c1-19-37(39-33-35(15)16)50(41-46(21-3,22-4)23-5,42-47(24-6,25-7)26-8)45-51(38(20-2)40-34-36(17)18,43-48(27-9,28-10)29-11)44-49(30-12,31-13)32-14/h37-38H,15,17,19-34H2,1-14,16,18H3. The van der Waals surface area contributed by atoms with Gasteiger partial charge < -0.3 is 30.0 Å². The maximum absolute atomic E-state index is 8.26. The van der Waals surface area contributed by atoms with Crippen molar-refractivity contribution >= 4 is 50.9 Å². The lowest BCUT2D eigenvalue weighted by Crippen LogP contribution is -2.76. The van der Waals surface area contributed by atoms with Crippen LogP contribution in [0.4, 0.5) is 0 Å². The van der Waals surface area contributed by atoms with Crippen LogP contribution < -0.4 is 0 Å². The van der Waals surface area contributed by atoms with Gasteiger partial charge in [-0.3, -0.25) is 0 Å². The Kier molecular flexibility index (Phi) is 24.4. The molecular formula is C38H86O7Si6. The third kappa shape index (κ3) is 13.9. The lowest BCUT2D eigenvalue weighted by atomic mass is 10.4. The van der Waals surface area contributed by atoms with Gasteiger partial charge in [0.15, 0.2) is 33.3 Å². The molecule has 0 aliphatic heterocycles. The summed E-state index contributed by atoms with van der Waals surface area (Å²) in [5.74, 6) is 0. The van der Waals surface area contributed by atoms with Crippen LogP contribution >= 0.6 is 0 Å². The van der Waals surface area contributed by atoms with E-state index >= 15 is 0 Å². The molecule has 0 aliphatic rings. The van der Waals surface area contributed by atoms with Crippen LogP contribution in [0, 0.1) is 0 Å². The van der Waals surface area contributed by atoms with Crippen LogP contribution in [-0.4, -0.2) is 75.5 Å². The Hall–Kier alpha value is 0.501. The highest BCUT2D eigenvalue weighted by Crippen LogP contribution is 2.43. The zero-order chi connectivity index (χ0) is 39.6. The summed E-state index contributed by atoms with van der Waals surface area (Å²) in [4.78, 5) is 0. The maximum Gasteiger partial charge on any atom is 0.503 e. The molecule has 0 bridgehead atoms. The summed E-state index contributed by atoms with van der Waals surface area (Å²) in [5, 5.41) is 0. The molecule has 0 amide bonds. The first-order valence-electron chi connectivity index (χ1n) is 21.0. The smallest absolute Gasteiger partial charge is 0.415 e. The van der Waals surface area contributed by atoms with E-state index in [-0.39, 0.29) is 11.5 Å². The van der Waals surface area contributed by atoms with E-state index in [0.717, 1.165) is 83.7 Å². The predicted octanol–water partition coefficient (Wildman–Crippen LogP) is 12.8. The van der Waals surface area contributed by atoms with E-state index in [1.807, 2.05) is 13.8 Å². The second kappa shape index (κ2) is 24.2. The van der Waals surface area contributed by atoms with Crippen LogP contribution in [-0.2, 0) is 30.0 Å². The highest BCUT2D eigenvalue weighted by molar-refractivity contribution is 6.95. The second-order valence-corrected chi connectivity index (χ2v) is 40.8. The molecule has 2 atom stereocenters. The van der Waals surface area contributed by atoms with Gasteiger partial charge in [-0.25, -0.2) is 0 Å². The quantitative estimate of drug-likeness (QED) is 0.0494. The minimum absolute atomic E-state index is 0.387. The molecule has 13 heteroatoms. The van der Waals surface area contributed by atoms with Gasteiger partial charge >= 0.3 is 17.6 Å². The molecule has 0 aliphatic carbocycles. The first kappa shape index (κ1) is 51.5. The van der Waals surface area contributed by atoms with Crippen molar-refractivity contribution in [3.8, 4) is 0 Å².